The van der Waals surface area contributed by atoms with E-state index in [-0.39, 0.29) is 0 Å². The molecule has 0 spiro atoms. The molecule has 0 amide bonds. The molecule has 0 aromatic carbocycles. The Morgan fingerprint density at radius 1 is 0.821 bits per heavy atom. The van der Waals surface area contributed by atoms with Crippen molar-refractivity contribution >= 4 is 19.8 Å². The van der Waals surface area contributed by atoms with Gasteiger partial charge in [-0.05, 0) is 41.5 Å². The fraction of sp³-hybridized carbons (Fsp3) is 0.875. The van der Waals surface area contributed by atoms with Crippen molar-refractivity contribution in [2.45, 2.75) is 53.8 Å². The maximum atomic E-state index is 10.1. The van der Waals surface area contributed by atoms with Gasteiger partial charge in [0, 0.05) is 0 Å². The monoisotopic (exact) mass is 432 g/mol. The topological polar surface area (TPSA) is 176 Å². The molecule has 0 radical (unpaired) electrons. The number of nitrogens with one attached hydrogen (secondary N) is 2. The lowest BCUT2D eigenvalue weighted by Gasteiger charge is -2.24. The van der Waals surface area contributed by atoms with Gasteiger partial charge in [-0.2, -0.15) is 0 Å². The zero-order valence-electron chi connectivity index (χ0n) is 17.6. The van der Waals surface area contributed by atoms with E-state index in [1.807, 2.05) is 0 Å². The molecule has 2 atom stereocenters. The average Bonchev–Trinajstić information content (AvgIpc) is 2.62. The number of phosphoric ester groups is 1. The zero-order chi connectivity index (χ0) is 22.9. The maximum absolute atomic E-state index is 10.1. The van der Waals surface area contributed by atoms with Gasteiger partial charge in [0.25, 0.3) is 0 Å². The number of carboxylic acid groups (broad SMARTS) is 2. The van der Waals surface area contributed by atoms with Crippen molar-refractivity contribution in [1.82, 2.24) is 0 Å². The Balaban J connectivity index is -0.000000375. The number of quaternary nitrogens is 2. The molecule has 0 aromatic heterocycles. The second-order valence-electron chi connectivity index (χ2n) is 5.72. The number of aliphatic carboxylic acids is 2. The molecule has 11 nitrogen and oxygen atoms in total. The smallest absolute Gasteiger partial charge is 0.470 e. The Hall–Kier alpha value is -1.07. The summed E-state index contributed by atoms with van der Waals surface area (Å²) in [6, 6.07) is 0. The van der Waals surface area contributed by atoms with Crippen LogP contribution in [0.4, 0.5) is 0 Å². The van der Waals surface area contributed by atoms with Crippen LogP contribution in [0.3, 0.4) is 0 Å². The quantitative estimate of drug-likeness (QED) is 0.201. The van der Waals surface area contributed by atoms with Crippen LogP contribution in [0, 0.1) is 0 Å². The second-order valence-corrected chi connectivity index (χ2v) is 6.91. The summed E-state index contributed by atoms with van der Waals surface area (Å²) >= 11 is 0. The van der Waals surface area contributed by atoms with E-state index < -0.39 is 32.0 Å². The van der Waals surface area contributed by atoms with E-state index in [0.717, 1.165) is 0 Å². The van der Waals surface area contributed by atoms with E-state index in [9.17, 15) is 24.4 Å². The Morgan fingerprint density at radius 2 is 1.11 bits per heavy atom. The molecule has 5 N–H and O–H groups in total. The Morgan fingerprint density at radius 3 is 1.21 bits per heavy atom. The molecule has 0 aliphatic carbocycles. The Labute approximate surface area is 167 Å². The molecule has 0 bridgehead atoms. The number of aliphatic hydroxyl groups is 1. The molecule has 0 unspecified atom stereocenters. The molecule has 0 rings (SSSR count). The van der Waals surface area contributed by atoms with Gasteiger partial charge in [-0.3, -0.25) is 4.52 Å². The van der Waals surface area contributed by atoms with E-state index >= 15 is 0 Å². The van der Waals surface area contributed by atoms with Gasteiger partial charge in [-0.25, -0.2) is 4.57 Å². The van der Waals surface area contributed by atoms with Crippen molar-refractivity contribution in [3.63, 3.8) is 0 Å². The van der Waals surface area contributed by atoms with Crippen LogP contribution >= 0.6 is 7.82 Å². The molecule has 0 saturated heterocycles. The number of hydrogen-bond donors (Lipinski definition) is 5. The minimum Gasteiger partial charge on any atom is -0.547 e. The molecular formula is C16H37N2O9P. The summed E-state index contributed by atoms with van der Waals surface area (Å²) in [5.41, 5.74) is 0. The third-order valence-electron chi connectivity index (χ3n) is 4.01. The molecule has 170 valence electrons. The van der Waals surface area contributed by atoms with Crippen molar-refractivity contribution in [1.29, 1.82) is 0 Å². The fourth-order valence-corrected chi connectivity index (χ4v) is 2.50. The summed E-state index contributed by atoms with van der Waals surface area (Å²) in [7, 11) is -5.24. The van der Waals surface area contributed by atoms with E-state index in [1.54, 1.807) is 9.80 Å². The standard InChI is InChI=1S/2C6H15N.C4H7O9P/c2*1-4-7(5-2)6-3;5-1(3(6)7)2(4(8)9)13-14(10,11)12/h2*4-6H2,1-3H3;1-2,5H,(H,6,7)(H,8,9)(H2,10,11,12)/t;;1-,2-/m..1/s1. The summed E-state index contributed by atoms with van der Waals surface area (Å²) < 4.78 is 13.6. The summed E-state index contributed by atoms with van der Waals surface area (Å²) in [5, 5.41) is 28.6. The average molecular weight is 432 g/mol. The number of rotatable bonds is 11. The molecule has 0 heterocycles. The van der Waals surface area contributed by atoms with Gasteiger partial charge in [0.15, 0.2) is 0 Å². The van der Waals surface area contributed by atoms with E-state index in [2.05, 4.69) is 46.1 Å². The highest BCUT2D eigenvalue weighted by molar-refractivity contribution is 7.46. The molecule has 0 aliphatic rings. The first-order valence-corrected chi connectivity index (χ1v) is 10.9. The number of carbonyl (C=O) groups is 2. The van der Waals surface area contributed by atoms with E-state index in [4.69, 9.17) is 14.9 Å². The third-order valence-corrected chi connectivity index (χ3v) is 4.51. The summed E-state index contributed by atoms with van der Waals surface area (Å²) in [6.45, 7) is 21.0. The molecule has 0 fully saturated rings. The van der Waals surface area contributed by atoms with Gasteiger partial charge >= 0.3 is 7.82 Å². The lowest BCUT2D eigenvalue weighted by atomic mass is 10.2. The van der Waals surface area contributed by atoms with Gasteiger partial charge in [0.2, 0.25) is 0 Å². The predicted octanol–water partition coefficient (Wildman–Crippen LogP) is -4.81. The van der Waals surface area contributed by atoms with Crippen molar-refractivity contribution < 1.29 is 53.6 Å². The molecule has 0 saturated carbocycles. The minimum absolute atomic E-state index is 1.27. The number of hydrogen-bond acceptors (Lipinski definition) is 7. The van der Waals surface area contributed by atoms with Crippen molar-refractivity contribution in [2.75, 3.05) is 39.3 Å². The van der Waals surface area contributed by atoms with Gasteiger partial charge in [0.05, 0.1) is 51.2 Å². The molecular weight excluding hydrogens is 395 g/mol. The van der Waals surface area contributed by atoms with Crippen LogP contribution in [0.15, 0.2) is 0 Å². The van der Waals surface area contributed by atoms with Gasteiger partial charge in [0.1, 0.15) is 12.2 Å². The number of carbonyl (C=O) groups excluding carboxylic acids is 2. The first kappa shape index (κ1) is 31.6. The first-order valence-electron chi connectivity index (χ1n) is 9.35. The fourth-order valence-electron chi connectivity index (χ4n) is 2.00. The first-order chi connectivity index (χ1) is 12.8. The van der Waals surface area contributed by atoms with Crippen molar-refractivity contribution in [3.8, 4) is 0 Å². The summed E-state index contributed by atoms with van der Waals surface area (Å²) in [4.78, 5) is 39.7. The second kappa shape index (κ2) is 18.0. The highest BCUT2D eigenvalue weighted by Gasteiger charge is 2.30. The molecule has 28 heavy (non-hydrogen) atoms. The number of aliphatic hydroxyl groups excluding tert-OH is 1. The van der Waals surface area contributed by atoms with Crippen LogP contribution in [0.25, 0.3) is 0 Å². The Bertz CT molecular complexity index is 428. The van der Waals surface area contributed by atoms with E-state index in [0.29, 0.717) is 0 Å². The Kier molecular flexibility index (Phi) is 20.3. The number of carboxylic acids is 2. The number of phosphoric acid groups is 1. The lowest BCUT2D eigenvalue weighted by molar-refractivity contribution is -0.894. The molecule has 0 aliphatic heterocycles. The SMILES string of the molecule is CC[NH+](CC)CC.CC[NH+](CC)CC.O=C([O-])[C@H](O)[C@@H](OP(=O)(O)O)C(=O)[O-]. The zero-order valence-corrected chi connectivity index (χ0v) is 18.5. The van der Waals surface area contributed by atoms with Crippen molar-refractivity contribution in [2.24, 2.45) is 0 Å². The molecule has 12 heteroatoms. The minimum atomic E-state index is -5.24. The summed E-state index contributed by atoms with van der Waals surface area (Å²) in [6.07, 6.45) is -5.42. The maximum Gasteiger partial charge on any atom is 0.470 e. The van der Waals surface area contributed by atoms with Crippen molar-refractivity contribution in [3.05, 3.63) is 0 Å². The lowest BCUT2D eigenvalue weighted by Crippen LogP contribution is -3.11. The highest BCUT2D eigenvalue weighted by Crippen LogP contribution is 2.38. The van der Waals surface area contributed by atoms with Crippen LogP contribution in [0.2, 0.25) is 0 Å². The van der Waals surface area contributed by atoms with Gasteiger partial charge in [-0.1, -0.05) is 0 Å². The van der Waals surface area contributed by atoms with Crippen LogP contribution in [-0.2, 0) is 18.7 Å². The summed E-state index contributed by atoms with van der Waals surface area (Å²) in [5.74, 6) is -4.54. The van der Waals surface area contributed by atoms with Gasteiger partial charge in [-0.15, -0.1) is 0 Å². The predicted molar refractivity (Wildman–Crippen MR) is 98.1 cm³/mol. The van der Waals surface area contributed by atoms with E-state index in [1.165, 1.54) is 39.3 Å². The largest absolute Gasteiger partial charge is 0.547 e. The van der Waals surface area contributed by atoms with Crippen LogP contribution < -0.4 is 20.0 Å². The van der Waals surface area contributed by atoms with Crippen LogP contribution in [-0.4, -0.2) is 78.3 Å². The third kappa shape index (κ3) is 18.3. The van der Waals surface area contributed by atoms with Crippen LogP contribution in [0.5, 0.6) is 0 Å². The van der Waals surface area contributed by atoms with Gasteiger partial charge < -0.3 is 44.5 Å². The normalized spacial score (nSPS) is 13.1. The molecule has 0 aromatic rings. The highest BCUT2D eigenvalue weighted by atomic mass is 31.2. The van der Waals surface area contributed by atoms with Crippen LogP contribution in [0.1, 0.15) is 41.5 Å².